The summed E-state index contributed by atoms with van der Waals surface area (Å²) in [4.78, 5) is 4.09. The molecule has 0 radical (unpaired) electrons. The van der Waals surface area contributed by atoms with Crippen molar-refractivity contribution < 1.29 is 4.74 Å². The van der Waals surface area contributed by atoms with Gasteiger partial charge in [0, 0.05) is 19.4 Å². The SMILES string of the molecule is Cc1ccc(Oc2nccn2C)c(Br)c1. The molecule has 2 rings (SSSR count). The van der Waals surface area contributed by atoms with Crippen molar-refractivity contribution in [2.75, 3.05) is 0 Å². The Morgan fingerprint density at radius 3 is 2.80 bits per heavy atom. The van der Waals surface area contributed by atoms with E-state index in [9.17, 15) is 0 Å². The van der Waals surface area contributed by atoms with Gasteiger partial charge in [0.15, 0.2) is 0 Å². The number of rotatable bonds is 2. The molecule has 0 amide bonds. The van der Waals surface area contributed by atoms with Gasteiger partial charge in [-0.3, -0.25) is 0 Å². The summed E-state index contributed by atoms with van der Waals surface area (Å²) in [7, 11) is 1.89. The van der Waals surface area contributed by atoms with Crippen LogP contribution in [0.15, 0.2) is 35.1 Å². The van der Waals surface area contributed by atoms with Gasteiger partial charge in [-0.25, -0.2) is 4.98 Å². The van der Waals surface area contributed by atoms with Gasteiger partial charge >= 0.3 is 6.01 Å². The topological polar surface area (TPSA) is 27.1 Å². The molecule has 3 nitrogen and oxygen atoms in total. The van der Waals surface area contributed by atoms with Crippen molar-refractivity contribution in [3.8, 4) is 11.8 Å². The number of hydrogen-bond acceptors (Lipinski definition) is 2. The van der Waals surface area contributed by atoms with Crippen molar-refractivity contribution in [1.29, 1.82) is 0 Å². The van der Waals surface area contributed by atoms with Crippen LogP contribution in [0.25, 0.3) is 0 Å². The molecule has 0 fully saturated rings. The Morgan fingerprint density at radius 1 is 1.40 bits per heavy atom. The van der Waals surface area contributed by atoms with Crippen LogP contribution in [0.5, 0.6) is 11.8 Å². The lowest BCUT2D eigenvalue weighted by Crippen LogP contribution is -1.94. The van der Waals surface area contributed by atoms with Gasteiger partial charge in [0.2, 0.25) is 0 Å². The molecule has 0 aliphatic heterocycles. The summed E-state index contributed by atoms with van der Waals surface area (Å²) in [6.07, 6.45) is 3.55. The zero-order valence-corrected chi connectivity index (χ0v) is 10.2. The van der Waals surface area contributed by atoms with Crippen LogP contribution in [-0.4, -0.2) is 9.55 Å². The fourth-order valence-electron chi connectivity index (χ4n) is 1.24. The van der Waals surface area contributed by atoms with Crippen molar-refractivity contribution in [1.82, 2.24) is 9.55 Å². The molecule has 0 unspecified atom stereocenters. The second kappa shape index (κ2) is 4.06. The van der Waals surface area contributed by atoms with Gasteiger partial charge < -0.3 is 9.30 Å². The molecule has 0 atom stereocenters. The first-order valence-electron chi connectivity index (χ1n) is 4.58. The van der Waals surface area contributed by atoms with Crippen molar-refractivity contribution in [3.05, 3.63) is 40.6 Å². The van der Waals surface area contributed by atoms with E-state index in [2.05, 4.69) is 20.9 Å². The first-order chi connectivity index (χ1) is 7.16. The van der Waals surface area contributed by atoms with Gasteiger partial charge in [-0.05, 0) is 40.5 Å². The fourth-order valence-corrected chi connectivity index (χ4v) is 1.81. The Labute approximate surface area is 96.8 Å². The van der Waals surface area contributed by atoms with Crippen LogP contribution in [0.1, 0.15) is 5.56 Å². The predicted octanol–water partition coefficient (Wildman–Crippen LogP) is 3.28. The Balaban J connectivity index is 2.29. The van der Waals surface area contributed by atoms with Crippen molar-refractivity contribution in [2.45, 2.75) is 6.92 Å². The van der Waals surface area contributed by atoms with Gasteiger partial charge in [-0.15, -0.1) is 0 Å². The molecule has 0 N–H and O–H groups in total. The molecular formula is C11H11BrN2O. The number of benzene rings is 1. The number of aromatic nitrogens is 2. The molecule has 0 saturated carbocycles. The molecule has 0 spiro atoms. The van der Waals surface area contributed by atoms with Crippen LogP contribution in [0.2, 0.25) is 0 Å². The van der Waals surface area contributed by atoms with Crippen molar-refractivity contribution in [3.63, 3.8) is 0 Å². The second-order valence-electron chi connectivity index (χ2n) is 3.36. The van der Waals surface area contributed by atoms with E-state index in [4.69, 9.17) is 4.74 Å². The molecule has 0 bridgehead atoms. The summed E-state index contributed by atoms with van der Waals surface area (Å²) in [6.45, 7) is 2.04. The van der Waals surface area contributed by atoms with Gasteiger partial charge in [0.1, 0.15) is 5.75 Å². The lowest BCUT2D eigenvalue weighted by Gasteiger charge is -2.07. The maximum Gasteiger partial charge on any atom is 0.301 e. The maximum absolute atomic E-state index is 5.64. The summed E-state index contributed by atoms with van der Waals surface area (Å²) >= 11 is 3.46. The molecule has 1 heterocycles. The van der Waals surface area contributed by atoms with E-state index in [0.29, 0.717) is 6.01 Å². The Bertz CT molecular complexity index is 479. The van der Waals surface area contributed by atoms with Crippen LogP contribution in [0.4, 0.5) is 0 Å². The van der Waals surface area contributed by atoms with Crippen LogP contribution in [0.3, 0.4) is 0 Å². The Morgan fingerprint density at radius 2 is 2.20 bits per heavy atom. The number of ether oxygens (including phenoxy) is 1. The normalized spacial score (nSPS) is 10.3. The molecule has 2 aromatic rings. The molecule has 0 aliphatic carbocycles. The lowest BCUT2D eigenvalue weighted by molar-refractivity contribution is 0.422. The smallest absolute Gasteiger partial charge is 0.301 e. The van der Waals surface area contributed by atoms with E-state index < -0.39 is 0 Å². The Hall–Kier alpha value is -1.29. The third-order valence-corrected chi connectivity index (χ3v) is 2.69. The number of imidazole rings is 1. The largest absolute Gasteiger partial charge is 0.424 e. The Kier molecular flexibility index (Phi) is 2.77. The van der Waals surface area contributed by atoms with E-state index in [-0.39, 0.29) is 0 Å². The molecule has 78 valence electrons. The van der Waals surface area contributed by atoms with Gasteiger partial charge in [-0.2, -0.15) is 0 Å². The molecule has 15 heavy (non-hydrogen) atoms. The van der Waals surface area contributed by atoms with Gasteiger partial charge in [0.05, 0.1) is 4.47 Å². The monoisotopic (exact) mass is 266 g/mol. The van der Waals surface area contributed by atoms with Crippen LogP contribution in [-0.2, 0) is 7.05 Å². The molecule has 1 aromatic carbocycles. The molecule has 4 heteroatoms. The summed E-state index contributed by atoms with van der Waals surface area (Å²) in [5.74, 6) is 0.773. The van der Waals surface area contributed by atoms with Crippen molar-refractivity contribution >= 4 is 15.9 Å². The minimum absolute atomic E-state index is 0.583. The molecular weight excluding hydrogens is 256 g/mol. The van der Waals surface area contributed by atoms with Gasteiger partial charge in [0.25, 0.3) is 0 Å². The van der Waals surface area contributed by atoms with E-state index in [1.54, 1.807) is 6.20 Å². The standard InChI is InChI=1S/C11H11BrN2O/c1-8-3-4-10(9(12)7-8)15-11-13-5-6-14(11)2/h3-7H,1-2H3. The predicted molar refractivity (Wildman–Crippen MR) is 62.2 cm³/mol. The van der Waals surface area contributed by atoms with Crippen molar-refractivity contribution in [2.24, 2.45) is 7.05 Å². The van der Waals surface area contributed by atoms with Crippen LogP contribution < -0.4 is 4.74 Å². The molecule has 0 aliphatic rings. The number of halogens is 1. The summed E-state index contributed by atoms with van der Waals surface area (Å²) in [5, 5.41) is 0. The second-order valence-corrected chi connectivity index (χ2v) is 4.21. The highest BCUT2D eigenvalue weighted by atomic mass is 79.9. The average molecular weight is 267 g/mol. The molecule has 0 saturated heterocycles. The van der Waals surface area contributed by atoms with E-state index in [1.807, 2.05) is 42.9 Å². The highest BCUT2D eigenvalue weighted by Gasteiger charge is 2.05. The minimum atomic E-state index is 0.583. The third kappa shape index (κ3) is 2.21. The summed E-state index contributed by atoms with van der Waals surface area (Å²) in [6, 6.07) is 6.52. The first kappa shape index (κ1) is 10.2. The van der Waals surface area contributed by atoms with Crippen LogP contribution >= 0.6 is 15.9 Å². The first-order valence-corrected chi connectivity index (χ1v) is 5.37. The maximum atomic E-state index is 5.64. The fraction of sp³-hybridized carbons (Fsp3) is 0.182. The zero-order valence-electron chi connectivity index (χ0n) is 8.57. The number of hydrogen-bond donors (Lipinski definition) is 0. The van der Waals surface area contributed by atoms with Crippen LogP contribution in [0, 0.1) is 6.92 Å². The van der Waals surface area contributed by atoms with Gasteiger partial charge in [-0.1, -0.05) is 6.07 Å². The van der Waals surface area contributed by atoms with E-state index >= 15 is 0 Å². The van der Waals surface area contributed by atoms with E-state index in [1.165, 1.54) is 5.56 Å². The highest BCUT2D eigenvalue weighted by Crippen LogP contribution is 2.29. The number of nitrogens with zero attached hydrogens (tertiary/aromatic N) is 2. The molecule has 1 aromatic heterocycles. The minimum Gasteiger partial charge on any atom is -0.424 e. The average Bonchev–Trinajstić information content (AvgIpc) is 2.57. The highest BCUT2D eigenvalue weighted by molar-refractivity contribution is 9.10. The summed E-state index contributed by atoms with van der Waals surface area (Å²) < 4.78 is 8.40. The summed E-state index contributed by atoms with van der Waals surface area (Å²) in [5.41, 5.74) is 1.19. The quantitative estimate of drug-likeness (QED) is 0.834. The van der Waals surface area contributed by atoms with E-state index in [0.717, 1.165) is 10.2 Å². The third-order valence-electron chi connectivity index (χ3n) is 2.07. The lowest BCUT2D eigenvalue weighted by atomic mass is 10.2. The number of aryl methyl sites for hydroxylation is 2. The zero-order chi connectivity index (χ0) is 10.8.